The van der Waals surface area contributed by atoms with Crippen molar-refractivity contribution in [2.24, 2.45) is 0 Å². The lowest BCUT2D eigenvalue weighted by Crippen LogP contribution is -2.20. The van der Waals surface area contributed by atoms with Crippen molar-refractivity contribution >= 4 is 0 Å². The van der Waals surface area contributed by atoms with Crippen LogP contribution in [0.4, 0.5) is 4.39 Å². The number of nitrogens with zero attached hydrogens (tertiary/aromatic N) is 1. The average Bonchev–Trinajstić information content (AvgIpc) is 3.12. The zero-order valence-corrected chi connectivity index (χ0v) is 10.6. The van der Waals surface area contributed by atoms with Gasteiger partial charge in [-0.05, 0) is 43.7 Å². The molecule has 0 atom stereocenters. The third kappa shape index (κ3) is 3.83. The van der Waals surface area contributed by atoms with Crippen LogP contribution in [-0.2, 0) is 6.54 Å². The van der Waals surface area contributed by atoms with Gasteiger partial charge in [0.2, 0.25) is 0 Å². The van der Waals surface area contributed by atoms with Crippen molar-refractivity contribution in [1.82, 2.24) is 4.90 Å². The van der Waals surface area contributed by atoms with Gasteiger partial charge in [0.25, 0.3) is 0 Å². The van der Waals surface area contributed by atoms with Crippen molar-refractivity contribution in [2.75, 3.05) is 13.7 Å². The Bertz CT molecular complexity index is 471. The van der Waals surface area contributed by atoms with E-state index >= 15 is 0 Å². The molecule has 1 aliphatic carbocycles. The number of hydrogen-bond donors (Lipinski definition) is 1. The summed E-state index contributed by atoms with van der Waals surface area (Å²) in [7, 11) is 2.07. The van der Waals surface area contributed by atoms with Gasteiger partial charge in [-0.2, -0.15) is 0 Å². The van der Waals surface area contributed by atoms with Crippen LogP contribution in [0.2, 0.25) is 0 Å². The van der Waals surface area contributed by atoms with Gasteiger partial charge in [-0.1, -0.05) is 11.8 Å². The number of aliphatic hydroxyl groups is 1. The molecule has 0 bridgehead atoms. The molecule has 1 aromatic carbocycles. The van der Waals surface area contributed by atoms with E-state index in [-0.39, 0.29) is 12.4 Å². The van der Waals surface area contributed by atoms with Gasteiger partial charge in [-0.25, -0.2) is 4.39 Å². The second-order valence-electron chi connectivity index (χ2n) is 4.77. The Balaban J connectivity index is 2.08. The van der Waals surface area contributed by atoms with Gasteiger partial charge in [-0.3, -0.25) is 4.90 Å². The summed E-state index contributed by atoms with van der Waals surface area (Å²) >= 11 is 0. The molecule has 18 heavy (non-hydrogen) atoms. The van der Waals surface area contributed by atoms with Gasteiger partial charge in [-0.15, -0.1) is 0 Å². The molecule has 0 radical (unpaired) electrons. The summed E-state index contributed by atoms with van der Waals surface area (Å²) in [4.78, 5) is 2.25. The highest BCUT2D eigenvalue weighted by Gasteiger charge is 2.25. The molecule has 96 valence electrons. The SMILES string of the molecule is CN(Cc1cc(F)cc(C#CCCO)c1)C1CC1. The molecule has 3 heteroatoms. The van der Waals surface area contributed by atoms with Gasteiger partial charge in [0, 0.05) is 24.6 Å². The summed E-state index contributed by atoms with van der Waals surface area (Å²) in [5, 5.41) is 8.66. The highest BCUT2D eigenvalue weighted by Crippen LogP contribution is 2.26. The van der Waals surface area contributed by atoms with Gasteiger partial charge in [0.1, 0.15) is 5.82 Å². The van der Waals surface area contributed by atoms with E-state index in [1.54, 1.807) is 6.07 Å². The maximum Gasteiger partial charge on any atom is 0.124 e. The summed E-state index contributed by atoms with van der Waals surface area (Å²) < 4.78 is 13.5. The van der Waals surface area contributed by atoms with Crippen LogP contribution < -0.4 is 0 Å². The maximum absolute atomic E-state index is 13.5. The summed E-state index contributed by atoms with van der Waals surface area (Å²) in [5.41, 5.74) is 1.64. The largest absolute Gasteiger partial charge is 0.395 e. The first-order chi connectivity index (χ1) is 8.69. The van der Waals surface area contributed by atoms with Crippen molar-refractivity contribution in [1.29, 1.82) is 0 Å². The highest BCUT2D eigenvalue weighted by atomic mass is 19.1. The number of rotatable bonds is 4. The predicted molar refractivity (Wildman–Crippen MR) is 69.5 cm³/mol. The van der Waals surface area contributed by atoms with Crippen molar-refractivity contribution in [3.8, 4) is 11.8 Å². The molecule has 0 amide bonds. The number of benzene rings is 1. The van der Waals surface area contributed by atoms with Crippen LogP contribution in [0, 0.1) is 17.7 Å². The lowest BCUT2D eigenvalue weighted by atomic mass is 10.1. The first kappa shape index (κ1) is 13.1. The molecule has 2 nitrogen and oxygen atoms in total. The fourth-order valence-electron chi connectivity index (χ4n) is 1.97. The van der Waals surface area contributed by atoms with Gasteiger partial charge in [0.15, 0.2) is 0 Å². The number of halogens is 1. The third-order valence-electron chi connectivity index (χ3n) is 3.03. The molecule has 0 aliphatic heterocycles. The monoisotopic (exact) mass is 247 g/mol. The molecular weight excluding hydrogens is 229 g/mol. The van der Waals surface area contributed by atoms with E-state index in [0.717, 1.165) is 12.1 Å². The fraction of sp³-hybridized carbons (Fsp3) is 0.467. The average molecular weight is 247 g/mol. The zero-order chi connectivity index (χ0) is 13.0. The van der Waals surface area contributed by atoms with Crippen LogP contribution in [0.5, 0.6) is 0 Å². The van der Waals surface area contributed by atoms with Crippen LogP contribution in [0.25, 0.3) is 0 Å². The molecule has 0 saturated heterocycles. The topological polar surface area (TPSA) is 23.5 Å². The number of aliphatic hydroxyl groups excluding tert-OH is 1. The van der Waals surface area contributed by atoms with E-state index in [4.69, 9.17) is 5.11 Å². The first-order valence-electron chi connectivity index (χ1n) is 6.28. The standard InChI is InChI=1S/C15H18FNO/c1-17(15-5-6-15)11-13-8-12(4-2-3-7-18)9-14(16)10-13/h8-10,15,18H,3,5-7,11H2,1H3. The lowest BCUT2D eigenvalue weighted by Gasteiger charge is -2.15. The van der Waals surface area contributed by atoms with Crippen molar-refractivity contribution in [3.63, 3.8) is 0 Å². The molecule has 1 aromatic rings. The summed E-state index contributed by atoms with van der Waals surface area (Å²) in [6, 6.07) is 5.59. The molecule has 1 aliphatic rings. The number of hydrogen-bond acceptors (Lipinski definition) is 2. The predicted octanol–water partition coefficient (Wildman–Crippen LogP) is 2.15. The molecular formula is C15H18FNO. The summed E-state index contributed by atoms with van der Waals surface area (Å²) in [5.74, 6) is 5.44. The Hall–Kier alpha value is -1.37. The molecule has 1 fully saturated rings. The fourth-order valence-corrected chi connectivity index (χ4v) is 1.97. The van der Waals surface area contributed by atoms with E-state index in [9.17, 15) is 4.39 Å². The molecule has 0 unspecified atom stereocenters. The van der Waals surface area contributed by atoms with E-state index in [0.29, 0.717) is 18.0 Å². The molecule has 0 spiro atoms. The Morgan fingerprint density at radius 1 is 1.39 bits per heavy atom. The Kier molecular flexibility index (Phi) is 4.35. The maximum atomic E-state index is 13.5. The molecule has 2 rings (SSSR count). The Morgan fingerprint density at radius 3 is 2.83 bits per heavy atom. The van der Waals surface area contributed by atoms with Crippen LogP contribution in [0.1, 0.15) is 30.4 Å². The van der Waals surface area contributed by atoms with Crippen LogP contribution in [-0.4, -0.2) is 29.7 Å². The van der Waals surface area contributed by atoms with Gasteiger partial charge in [0.05, 0.1) is 6.61 Å². The van der Waals surface area contributed by atoms with E-state index < -0.39 is 0 Å². The molecule has 1 N–H and O–H groups in total. The zero-order valence-electron chi connectivity index (χ0n) is 10.6. The van der Waals surface area contributed by atoms with Crippen LogP contribution in [0.15, 0.2) is 18.2 Å². The van der Waals surface area contributed by atoms with E-state index in [1.807, 2.05) is 6.07 Å². The molecule has 0 aromatic heterocycles. The summed E-state index contributed by atoms with van der Waals surface area (Å²) in [6.45, 7) is 0.802. The third-order valence-corrected chi connectivity index (χ3v) is 3.03. The smallest absolute Gasteiger partial charge is 0.124 e. The second kappa shape index (κ2) is 5.99. The Labute approximate surface area is 107 Å². The van der Waals surface area contributed by atoms with Crippen molar-refractivity contribution < 1.29 is 9.50 Å². The van der Waals surface area contributed by atoms with Crippen molar-refractivity contribution in [3.05, 3.63) is 35.1 Å². The minimum absolute atomic E-state index is 0.0413. The minimum Gasteiger partial charge on any atom is -0.395 e. The van der Waals surface area contributed by atoms with Crippen molar-refractivity contribution in [2.45, 2.75) is 31.8 Å². The minimum atomic E-state index is -0.245. The highest BCUT2D eigenvalue weighted by molar-refractivity contribution is 5.37. The quantitative estimate of drug-likeness (QED) is 0.824. The summed E-state index contributed by atoms with van der Waals surface area (Å²) in [6.07, 6.45) is 2.91. The first-order valence-corrected chi connectivity index (χ1v) is 6.28. The van der Waals surface area contributed by atoms with Gasteiger partial charge < -0.3 is 5.11 Å². The van der Waals surface area contributed by atoms with E-state index in [1.165, 1.54) is 18.9 Å². The molecule has 1 saturated carbocycles. The second-order valence-corrected chi connectivity index (χ2v) is 4.77. The normalized spacial score (nSPS) is 14.4. The Morgan fingerprint density at radius 2 is 2.17 bits per heavy atom. The lowest BCUT2D eigenvalue weighted by molar-refractivity contribution is 0.305. The molecule has 0 heterocycles. The van der Waals surface area contributed by atoms with Gasteiger partial charge >= 0.3 is 0 Å². The van der Waals surface area contributed by atoms with Crippen LogP contribution >= 0.6 is 0 Å². The van der Waals surface area contributed by atoms with E-state index in [2.05, 4.69) is 23.8 Å². The van der Waals surface area contributed by atoms with Crippen LogP contribution in [0.3, 0.4) is 0 Å².